The van der Waals surface area contributed by atoms with Gasteiger partial charge in [-0.3, -0.25) is 10.8 Å². The van der Waals surface area contributed by atoms with E-state index in [0.717, 1.165) is 0 Å². The van der Waals surface area contributed by atoms with Crippen LogP contribution in [0.4, 0.5) is 0 Å². The number of ether oxygens (including phenoxy) is 3. The first-order chi connectivity index (χ1) is 8.67. The van der Waals surface area contributed by atoms with Crippen molar-refractivity contribution in [1.82, 2.24) is 0 Å². The first-order valence-corrected chi connectivity index (χ1v) is 6.59. The lowest BCUT2D eigenvalue weighted by Gasteiger charge is -2.21. The summed E-state index contributed by atoms with van der Waals surface area (Å²) in [6.07, 6.45) is 1.77. The highest BCUT2D eigenvalue weighted by atomic mass is 32.2. The SMILES string of the molecule is COc1cc(C(=N)C(=N)SC)cc2c1OCCO2. The molecule has 1 aromatic carbocycles. The van der Waals surface area contributed by atoms with Crippen LogP contribution in [0.15, 0.2) is 12.1 Å². The molecular weight excluding hydrogens is 252 g/mol. The largest absolute Gasteiger partial charge is 0.493 e. The molecule has 0 radical (unpaired) electrons. The Hall–Kier alpha value is -1.69. The molecule has 1 aromatic rings. The molecular formula is C12H14N2O3S. The van der Waals surface area contributed by atoms with Crippen molar-refractivity contribution in [1.29, 1.82) is 10.8 Å². The standard InChI is InChI=1S/C12H14N2O3S/c1-15-8-5-7(10(13)12(14)18-2)6-9-11(8)17-4-3-16-9/h5-6,13-14H,3-4H2,1-2H3. The number of benzene rings is 1. The maximum Gasteiger partial charge on any atom is 0.203 e. The van der Waals surface area contributed by atoms with Gasteiger partial charge in [-0.25, -0.2) is 0 Å². The number of fused-ring (bicyclic) bond motifs is 1. The van der Waals surface area contributed by atoms with E-state index >= 15 is 0 Å². The van der Waals surface area contributed by atoms with Crippen LogP contribution in [0.3, 0.4) is 0 Å². The molecule has 1 aliphatic heterocycles. The first kappa shape index (κ1) is 12.8. The lowest BCUT2D eigenvalue weighted by molar-refractivity contribution is 0.165. The van der Waals surface area contributed by atoms with Crippen molar-refractivity contribution in [2.45, 2.75) is 0 Å². The summed E-state index contributed by atoms with van der Waals surface area (Å²) in [7, 11) is 1.54. The van der Waals surface area contributed by atoms with E-state index in [-0.39, 0.29) is 10.8 Å². The highest BCUT2D eigenvalue weighted by Gasteiger charge is 2.20. The maximum absolute atomic E-state index is 7.93. The summed E-state index contributed by atoms with van der Waals surface area (Å²) < 4.78 is 16.2. The molecule has 0 spiro atoms. The number of nitrogens with one attached hydrogen (secondary N) is 2. The average Bonchev–Trinajstić information content (AvgIpc) is 2.44. The second kappa shape index (κ2) is 5.30. The molecule has 18 heavy (non-hydrogen) atoms. The van der Waals surface area contributed by atoms with Crippen LogP contribution >= 0.6 is 11.8 Å². The molecule has 6 heteroatoms. The molecule has 0 saturated carbocycles. The molecule has 0 bridgehead atoms. The average molecular weight is 266 g/mol. The third kappa shape index (κ3) is 2.28. The van der Waals surface area contributed by atoms with Crippen molar-refractivity contribution in [3.63, 3.8) is 0 Å². The molecule has 2 N–H and O–H groups in total. The van der Waals surface area contributed by atoms with Crippen LogP contribution in [0.2, 0.25) is 0 Å². The summed E-state index contributed by atoms with van der Waals surface area (Å²) in [5.74, 6) is 1.66. The summed E-state index contributed by atoms with van der Waals surface area (Å²) in [6, 6.07) is 3.41. The molecule has 2 rings (SSSR count). The number of hydrogen-bond acceptors (Lipinski definition) is 6. The van der Waals surface area contributed by atoms with Crippen molar-refractivity contribution in [3.8, 4) is 17.2 Å². The second-order valence-corrected chi connectivity index (χ2v) is 4.43. The van der Waals surface area contributed by atoms with Gasteiger partial charge in [-0.05, 0) is 18.4 Å². The zero-order chi connectivity index (χ0) is 13.1. The van der Waals surface area contributed by atoms with E-state index in [2.05, 4.69) is 0 Å². The van der Waals surface area contributed by atoms with Crippen molar-refractivity contribution in [3.05, 3.63) is 17.7 Å². The first-order valence-electron chi connectivity index (χ1n) is 5.37. The Bertz CT molecular complexity index is 485. The number of methoxy groups -OCH3 is 1. The lowest BCUT2D eigenvalue weighted by Crippen LogP contribution is -2.17. The van der Waals surface area contributed by atoms with Crippen LogP contribution in [0.5, 0.6) is 17.2 Å². The smallest absolute Gasteiger partial charge is 0.203 e. The minimum Gasteiger partial charge on any atom is -0.493 e. The van der Waals surface area contributed by atoms with E-state index in [1.165, 1.54) is 11.8 Å². The van der Waals surface area contributed by atoms with E-state index in [4.69, 9.17) is 25.0 Å². The molecule has 0 aromatic heterocycles. The zero-order valence-electron chi connectivity index (χ0n) is 10.2. The Morgan fingerprint density at radius 2 is 2.00 bits per heavy atom. The Kier molecular flexibility index (Phi) is 3.76. The van der Waals surface area contributed by atoms with Crippen molar-refractivity contribution >= 4 is 22.5 Å². The molecule has 0 unspecified atom stereocenters. The topological polar surface area (TPSA) is 75.4 Å². The van der Waals surface area contributed by atoms with Gasteiger partial charge in [-0.15, -0.1) is 11.8 Å². The Balaban J connectivity index is 2.44. The van der Waals surface area contributed by atoms with Crippen LogP contribution in [-0.4, -0.2) is 37.3 Å². The van der Waals surface area contributed by atoms with Gasteiger partial charge in [0, 0.05) is 5.56 Å². The van der Waals surface area contributed by atoms with E-state index in [0.29, 0.717) is 36.0 Å². The fraction of sp³-hybridized carbons (Fsp3) is 0.333. The molecule has 0 amide bonds. The predicted octanol–water partition coefficient (Wildman–Crippen LogP) is 2.17. The molecule has 5 nitrogen and oxygen atoms in total. The van der Waals surface area contributed by atoms with Crippen LogP contribution in [0.1, 0.15) is 5.56 Å². The highest BCUT2D eigenvalue weighted by molar-refractivity contribution is 8.15. The molecule has 0 fully saturated rings. The molecule has 0 saturated heterocycles. The van der Waals surface area contributed by atoms with Gasteiger partial charge in [0.1, 0.15) is 18.3 Å². The Labute approximate surface area is 109 Å². The molecule has 0 aliphatic carbocycles. The molecule has 1 heterocycles. The normalized spacial score (nSPS) is 13.0. The second-order valence-electron chi connectivity index (χ2n) is 3.61. The summed E-state index contributed by atoms with van der Waals surface area (Å²) in [6.45, 7) is 0.966. The summed E-state index contributed by atoms with van der Waals surface area (Å²) >= 11 is 1.22. The summed E-state index contributed by atoms with van der Waals surface area (Å²) in [4.78, 5) is 0. The number of hydrogen-bond donors (Lipinski definition) is 2. The van der Waals surface area contributed by atoms with E-state index in [1.54, 1.807) is 25.5 Å². The lowest BCUT2D eigenvalue weighted by atomic mass is 10.1. The number of rotatable bonds is 3. The Morgan fingerprint density at radius 3 is 2.67 bits per heavy atom. The summed E-state index contributed by atoms with van der Waals surface area (Å²) in [5.41, 5.74) is 0.744. The van der Waals surface area contributed by atoms with Gasteiger partial charge in [0.2, 0.25) is 5.75 Å². The fourth-order valence-electron chi connectivity index (χ4n) is 1.65. The van der Waals surface area contributed by atoms with E-state index in [1.807, 2.05) is 0 Å². The maximum atomic E-state index is 7.93. The zero-order valence-corrected chi connectivity index (χ0v) is 11.0. The third-order valence-electron chi connectivity index (χ3n) is 2.55. The van der Waals surface area contributed by atoms with Gasteiger partial charge >= 0.3 is 0 Å². The van der Waals surface area contributed by atoms with Crippen molar-refractivity contribution in [2.75, 3.05) is 26.6 Å². The Morgan fingerprint density at radius 1 is 1.28 bits per heavy atom. The summed E-state index contributed by atoms with van der Waals surface area (Å²) in [5, 5.41) is 15.8. The fourth-order valence-corrected chi connectivity index (χ4v) is 1.97. The van der Waals surface area contributed by atoms with Crippen LogP contribution in [0.25, 0.3) is 0 Å². The van der Waals surface area contributed by atoms with Crippen LogP contribution in [0, 0.1) is 10.8 Å². The van der Waals surface area contributed by atoms with Gasteiger partial charge in [-0.2, -0.15) is 0 Å². The quantitative estimate of drug-likeness (QED) is 0.649. The monoisotopic (exact) mass is 266 g/mol. The van der Waals surface area contributed by atoms with Gasteiger partial charge in [-0.1, -0.05) is 0 Å². The number of thioether (sulfide) groups is 1. The van der Waals surface area contributed by atoms with Crippen LogP contribution < -0.4 is 14.2 Å². The van der Waals surface area contributed by atoms with Gasteiger partial charge in [0.05, 0.1) is 12.8 Å². The van der Waals surface area contributed by atoms with E-state index in [9.17, 15) is 0 Å². The van der Waals surface area contributed by atoms with E-state index < -0.39 is 0 Å². The van der Waals surface area contributed by atoms with Crippen LogP contribution in [-0.2, 0) is 0 Å². The van der Waals surface area contributed by atoms with Crippen molar-refractivity contribution < 1.29 is 14.2 Å². The third-order valence-corrected chi connectivity index (χ3v) is 3.16. The minimum absolute atomic E-state index is 0.151. The van der Waals surface area contributed by atoms with Gasteiger partial charge < -0.3 is 14.2 Å². The molecule has 96 valence electrons. The van der Waals surface area contributed by atoms with Gasteiger partial charge in [0.25, 0.3) is 0 Å². The minimum atomic E-state index is 0.151. The molecule has 1 aliphatic rings. The highest BCUT2D eigenvalue weighted by Crippen LogP contribution is 2.40. The van der Waals surface area contributed by atoms with Crippen molar-refractivity contribution in [2.24, 2.45) is 0 Å². The predicted molar refractivity (Wildman–Crippen MR) is 72.1 cm³/mol. The molecule has 0 atom stereocenters. The van der Waals surface area contributed by atoms with Gasteiger partial charge in [0.15, 0.2) is 11.5 Å².